The predicted molar refractivity (Wildman–Crippen MR) is 98.4 cm³/mol. The first-order valence-corrected chi connectivity index (χ1v) is 9.53. The SMILES string of the molecule is CC(C)n1cnn(CN(C2CC2)C2CCCc3ccccc32)c1=S. The van der Waals surface area contributed by atoms with Crippen LogP contribution in [0.5, 0.6) is 0 Å². The van der Waals surface area contributed by atoms with E-state index >= 15 is 0 Å². The van der Waals surface area contributed by atoms with Gasteiger partial charge in [0.15, 0.2) is 4.77 Å². The Morgan fingerprint density at radius 3 is 2.75 bits per heavy atom. The van der Waals surface area contributed by atoms with Crippen LogP contribution in [0.1, 0.15) is 62.7 Å². The average Bonchev–Trinajstić information content (AvgIpc) is 3.36. The summed E-state index contributed by atoms with van der Waals surface area (Å²) in [6.45, 7) is 5.11. The van der Waals surface area contributed by atoms with Crippen LogP contribution in [0.15, 0.2) is 30.6 Å². The summed E-state index contributed by atoms with van der Waals surface area (Å²) < 4.78 is 4.92. The van der Waals surface area contributed by atoms with Crippen LogP contribution in [0.4, 0.5) is 0 Å². The molecule has 0 aliphatic heterocycles. The third-order valence-corrected chi connectivity index (χ3v) is 5.79. The number of benzene rings is 1. The summed E-state index contributed by atoms with van der Waals surface area (Å²) in [6, 6.07) is 10.5. The topological polar surface area (TPSA) is 26.0 Å². The molecule has 0 bridgehead atoms. The van der Waals surface area contributed by atoms with E-state index in [-0.39, 0.29) is 0 Å². The molecule has 1 heterocycles. The lowest BCUT2D eigenvalue weighted by Crippen LogP contribution is -2.35. The highest BCUT2D eigenvalue weighted by Crippen LogP contribution is 2.40. The fourth-order valence-electron chi connectivity index (χ4n) is 3.90. The minimum absolute atomic E-state index is 0.357. The van der Waals surface area contributed by atoms with Crippen molar-refractivity contribution in [1.29, 1.82) is 0 Å². The maximum Gasteiger partial charge on any atom is 0.199 e. The molecule has 128 valence electrons. The number of rotatable bonds is 5. The van der Waals surface area contributed by atoms with Crippen molar-refractivity contribution in [3.8, 4) is 0 Å². The monoisotopic (exact) mass is 342 g/mol. The quantitative estimate of drug-likeness (QED) is 0.749. The second-order valence-electron chi connectivity index (χ2n) is 7.41. The molecule has 4 nitrogen and oxygen atoms in total. The summed E-state index contributed by atoms with van der Waals surface area (Å²) in [7, 11) is 0. The highest BCUT2D eigenvalue weighted by atomic mass is 32.1. The summed E-state index contributed by atoms with van der Waals surface area (Å²) in [6.07, 6.45) is 8.22. The molecular formula is C19H26N4S. The average molecular weight is 343 g/mol. The van der Waals surface area contributed by atoms with Crippen LogP contribution in [-0.2, 0) is 13.1 Å². The van der Waals surface area contributed by atoms with Crippen LogP contribution in [0.2, 0.25) is 0 Å². The number of fused-ring (bicyclic) bond motifs is 1. The summed E-state index contributed by atoms with van der Waals surface area (Å²) in [5, 5.41) is 4.57. The number of hydrogen-bond acceptors (Lipinski definition) is 3. The summed E-state index contributed by atoms with van der Waals surface area (Å²) in [4.78, 5) is 2.64. The number of aromatic nitrogens is 3. The van der Waals surface area contributed by atoms with Gasteiger partial charge in [-0.3, -0.25) is 4.90 Å². The molecule has 1 fully saturated rings. The van der Waals surface area contributed by atoms with Crippen LogP contribution in [0.25, 0.3) is 0 Å². The van der Waals surface area contributed by atoms with Gasteiger partial charge in [0.05, 0.1) is 6.67 Å². The molecule has 1 aromatic heterocycles. The van der Waals surface area contributed by atoms with Crippen LogP contribution < -0.4 is 0 Å². The Hall–Kier alpha value is -1.46. The molecule has 0 amide bonds. The van der Waals surface area contributed by atoms with Crippen molar-refractivity contribution in [3.05, 3.63) is 46.5 Å². The van der Waals surface area contributed by atoms with Crippen molar-refractivity contribution in [2.75, 3.05) is 0 Å². The Morgan fingerprint density at radius 1 is 1.25 bits per heavy atom. The number of hydrogen-bond donors (Lipinski definition) is 0. The zero-order valence-electron chi connectivity index (χ0n) is 14.6. The van der Waals surface area contributed by atoms with Gasteiger partial charge in [-0.25, -0.2) is 4.68 Å². The van der Waals surface area contributed by atoms with Crippen molar-refractivity contribution in [2.24, 2.45) is 0 Å². The van der Waals surface area contributed by atoms with E-state index in [1.165, 1.54) is 43.2 Å². The molecule has 1 aromatic carbocycles. The molecule has 1 atom stereocenters. The van der Waals surface area contributed by atoms with Crippen molar-refractivity contribution < 1.29 is 0 Å². The van der Waals surface area contributed by atoms with E-state index in [2.05, 4.69) is 52.7 Å². The molecule has 5 heteroatoms. The molecule has 0 N–H and O–H groups in total. The van der Waals surface area contributed by atoms with E-state index in [1.54, 1.807) is 0 Å². The van der Waals surface area contributed by atoms with Crippen LogP contribution in [0.3, 0.4) is 0 Å². The van der Waals surface area contributed by atoms with Crippen molar-refractivity contribution in [2.45, 2.75) is 70.7 Å². The van der Waals surface area contributed by atoms with Gasteiger partial charge in [0.25, 0.3) is 0 Å². The molecule has 24 heavy (non-hydrogen) atoms. The summed E-state index contributed by atoms with van der Waals surface area (Å²) >= 11 is 5.64. The lowest BCUT2D eigenvalue weighted by Gasteiger charge is -2.36. The van der Waals surface area contributed by atoms with E-state index in [0.29, 0.717) is 18.1 Å². The molecule has 2 aromatic rings. The molecule has 0 radical (unpaired) electrons. The van der Waals surface area contributed by atoms with Crippen molar-refractivity contribution in [3.63, 3.8) is 0 Å². The van der Waals surface area contributed by atoms with E-state index in [9.17, 15) is 0 Å². The lowest BCUT2D eigenvalue weighted by molar-refractivity contribution is 0.118. The van der Waals surface area contributed by atoms with Crippen LogP contribution >= 0.6 is 12.2 Å². The van der Waals surface area contributed by atoms with Gasteiger partial charge in [0.2, 0.25) is 0 Å². The Kier molecular flexibility index (Phi) is 4.31. The third kappa shape index (κ3) is 2.95. The van der Waals surface area contributed by atoms with E-state index in [4.69, 9.17) is 12.2 Å². The van der Waals surface area contributed by atoms with Gasteiger partial charge < -0.3 is 4.57 Å². The zero-order valence-corrected chi connectivity index (χ0v) is 15.4. The number of aryl methyl sites for hydroxylation is 1. The van der Waals surface area contributed by atoms with Crippen molar-refractivity contribution >= 4 is 12.2 Å². The lowest BCUT2D eigenvalue weighted by atomic mass is 9.87. The standard InChI is InChI=1S/C19H26N4S/c1-14(2)21-12-20-23(19(21)24)13-22(16-10-11-16)18-9-5-7-15-6-3-4-8-17(15)18/h3-4,6,8,12,14,16,18H,5,7,9-11,13H2,1-2H3. The second kappa shape index (κ2) is 6.45. The molecule has 4 rings (SSSR count). The van der Waals surface area contributed by atoms with Gasteiger partial charge in [0.1, 0.15) is 6.33 Å². The Bertz CT molecular complexity index is 772. The normalized spacial score (nSPS) is 20.6. The fourth-order valence-corrected chi connectivity index (χ4v) is 4.27. The van der Waals surface area contributed by atoms with Crippen molar-refractivity contribution in [1.82, 2.24) is 19.2 Å². The van der Waals surface area contributed by atoms with Gasteiger partial charge in [0, 0.05) is 18.1 Å². The Balaban J connectivity index is 1.64. The molecule has 0 spiro atoms. The van der Waals surface area contributed by atoms with Gasteiger partial charge in [-0.2, -0.15) is 5.10 Å². The first-order valence-electron chi connectivity index (χ1n) is 9.12. The Labute approximate surface area is 149 Å². The van der Waals surface area contributed by atoms with Crippen LogP contribution in [-0.4, -0.2) is 25.3 Å². The van der Waals surface area contributed by atoms with Gasteiger partial charge >= 0.3 is 0 Å². The summed E-state index contributed by atoms with van der Waals surface area (Å²) in [5.74, 6) is 0. The highest BCUT2D eigenvalue weighted by molar-refractivity contribution is 7.71. The molecule has 2 aliphatic carbocycles. The van der Waals surface area contributed by atoms with E-state index < -0.39 is 0 Å². The first-order chi connectivity index (χ1) is 11.6. The minimum atomic E-state index is 0.357. The Morgan fingerprint density at radius 2 is 2.04 bits per heavy atom. The van der Waals surface area contributed by atoms with Gasteiger partial charge in [-0.15, -0.1) is 0 Å². The van der Waals surface area contributed by atoms with E-state index in [1.807, 2.05) is 11.0 Å². The molecule has 1 saturated carbocycles. The largest absolute Gasteiger partial charge is 0.304 e. The number of nitrogens with zero attached hydrogens (tertiary/aromatic N) is 4. The van der Waals surface area contributed by atoms with Gasteiger partial charge in [-0.1, -0.05) is 24.3 Å². The third-order valence-electron chi connectivity index (χ3n) is 5.36. The summed E-state index contributed by atoms with van der Waals surface area (Å²) in [5.41, 5.74) is 3.04. The second-order valence-corrected chi connectivity index (χ2v) is 7.77. The minimum Gasteiger partial charge on any atom is -0.304 e. The highest BCUT2D eigenvalue weighted by Gasteiger charge is 2.36. The zero-order chi connectivity index (χ0) is 16.7. The predicted octanol–water partition coefficient (Wildman–Crippen LogP) is 4.49. The maximum atomic E-state index is 5.64. The van der Waals surface area contributed by atoms with Crippen LogP contribution in [0, 0.1) is 4.77 Å². The smallest absolute Gasteiger partial charge is 0.199 e. The molecular weight excluding hydrogens is 316 g/mol. The molecule has 0 saturated heterocycles. The molecule has 1 unspecified atom stereocenters. The fraction of sp³-hybridized carbons (Fsp3) is 0.579. The molecule has 2 aliphatic rings. The van der Waals surface area contributed by atoms with E-state index in [0.717, 1.165) is 11.4 Å². The maximum absolute atomic E-state index is 5.64. The first kappa shape index (κ1) is 16.0. The van der Waals surface area contributed by atoms with Gasteiger partial charge in [-0.05, 0) is 69.3 Å².